The number of Topliss-reactive ketones (excluding diaryl/α,β-unsaturated/α-hetero) is 1. The first-order valence-corrected chi connectivity index (χ1v) is 15.8. The Hall–Kier alpha value is -2.42. The number of amides is 1. The van der Waals surface area contributed by atoms with Gasteiger partial charge in [0.1, 0.15) is 0 Å². The van der Waals surface area contributed by atoms with E-state index in [1.165, 1.54) is 0 Å². The summed E-state index contributed by atoms with van der Waals surface area (Å²) in [7, 11) is 1.64. The second-order valence-corrected chi connectivity index (χ2v) is 14.1. The van der Waals surface area contributed by atoms with E-state index in [4.69, 9.17) is 13.9 Å². The molecule has 1 heterocycles. The lowest BCUT2D eigenvalue weighted by atomic mass is 9.32. The van der Waals surface area contributed by atoms with Gasteiger partial charge in [0.05, 0.1) is 31.1 Å². The number of carbonyl (C=O) groups excluding carboxylic acids is 2. The summed E-state index contributed by atoms with van der Waals surface area (Å²) in [6, 6.07) is 3.48. The molecule has 0 radical (unpaired) electrons. The number of nitrogens with zero attached hydrogens (tertiary/aromatic N) is 1. The molecule has 8 nitrogen and oxygen atoms in total. The molecule has 230 valence electrons. The van der Waals surface area contributed by atoms with Crippen LogP contribution in [0.25, 0.3) is 0 Å². The zero-order valence-electron chi connectivity index (χ0n) is 25.6. The molecule has 0 aliphatic heterocycles. The van der Waals surface area contributed by atoms with Gasteiger partial charge >= 0.3 is 6.09 Å². The number of rotatable bonds is 9. The maximum absolute atomic E-state index is 14.3. The van der Waals surface area contributed by atoms with E-state index in [2.05, 4.69) is 32.1 Å². The number of fused-ring (bicyclic) bond motifs is 1. The van der Waals surface area contributed by atoms with Crippen LogP contribution in [0.3, 0.4) is 0 Å². The Labute approximate surface area is 249 Å². The van der Waals surface area contributed by atoms with Gasteiger partial charge in [-0.2, -0.15) is 0 Å². The third kappa shape index (κ3) is 3.97. The van der Waals surface area contributed by atoms with E-state index in [1.807, 2.05) is 0 Å². The van der Waals surface area contributed by atoms with Crippen molar-refractivity contribution >= 4 is 11.9 Å². The molecule has 7 rings (SSSR count). The van der Waals surface area contributed by atoms with E-state index in [9.17, 15) is 19.8 Å². The minimum absolute atomic E-state index is 0.000146. The number of ketones is 1. The molecular weight excluding hydrogens is 534 g/mol. The fraction of sp³-hybridized carbons (Fsp3) is 0.706. The van der Waals surface area contributed by atoms with Crippen LogP contribution < -0.4 is 0 Å². The van der Waals surface area contributed by atoms with E-state index < -0.39 is 28.6 Å². The molecule has 8 heteroatoms. The summed E-state index contributed by atoms with van der Waals surface area (Å²) < 4.78 is 16.3. The highest BCUT2D eigenvalue weighted by molar-refractivity contribution is 6.08. The Balaban J connectivity index is 1.42. The van der Waals surface area contributed by atoms with Crippen molar-refractivity contribution in [1.82, 2.24) is 4.90 Å². The van der Waals surface area contributed by atoms with Gasteiger partial charge in [0.15, 0.2) is 5.76 Å². The molecule has 1 aromatic heterocycles. The van der Waals surface area contributed by atoms with Gasteiger partial charge in [0.2, 0.25) is 5.78 Å². The summed E-state index contributed by atoms with van der Waals surface area (Å²) >= 11 is 0. The van der Waals surface area contributed by atoms with Crippen LogP contribution in [-0.2, 0) is 9.47 Å². The second kappa shape index (κ2) is 10.3. The van der Waals surface area contributed by atoms with Crippen molar-refractivity contribution in [2.45, 2.75) is 83.8 Å². The van der Waals surface area contributed by atoms with Gasteiger partial charge in [-0.1, -0.05) is 32.1 Å². The highest BCUT2D eigenvalue weighted by Crippen LogP contribution is 2.78. The molecule has 2 bridgehead atoms. The predicted octanol–water partition coefficient (Wildman–Crippen LogP) is 5.55. The van der Waals surface area contributed by atoms with Crippen molar-refractivity contribution in [3.05, 3.63) is 48.0 Å². The summed E-state index contributed by atoms with van der Waals surface area (Å²) in [4.78, 5) is 29.0. The normalized spacial score (nSPS) is 41.5. The lowest BCUT2D eigenvalue weighted by Gasteiger charge is -2.71. The Morgan fingerprint density at radius 2 is 1.83 bits per heavy atom. The molecule has 8 atom stereocenters. The summed E-state index contributed by atoms with van der Waals surface area (Å²) in [5.41, 5.74) is -1.97. The van der Waals surface area contributed by atoms with Crippen LogP contribution in [0.4, 0.5) is 4.79 Å². The molecule has 3 fully saturated rings. The highest BCUT2D eigenvalue weighted by Gasteiger charge is 2.74. The molecule has 8 unspecified atom stereocenters. The zero-order chi connectivity index (χ0) is 30.0. The van der Waals surface area contributed by atoms with Crippen molar-refractivity contribution in [3.63, 3.8) is 0 Å². The molecule has 0 saturated heterocycles. The van der Waals surface area contributed by atoms with E-state index in [-0.39, 0.29) is 41.6 Å². The van der Waals surface area contributed by atoms with Crippen LogP contribution >= 0.6 is 0 Å². The van der Waals surface area contributed by atoms with Gasteiger partial charge in [-0.25, -0.2) is 4.79 Å². The highest BCUT2D eigenvalue weighted by atomic mass is 16.6. The van der Waals surface area contributed by atoms with Gasteiger partial charge in [-0.3, -0.25) is 4.79 Å². The van der Waals surface area contributed by atoms with E-state index >= 15 is 0 Å². The molecule has 2 spiro atoms. The predicted molar refractivity (Wildman–Crippen MR) is 157 cm³/mol. The number of hydrogen-bond acceptors (Lipinski definition) is 7. The Bertz CT molecular complexity index is 1270. The molecule has 1 aromatic rings. The molecule has 2 N–H and O–H groups in total. The fourth-order valence-electron chi connectivity index (χ4n) is 10.3. The number of aliphatic hydroxyl groups is 2. The molecular formula is C34H47NO7. The zero-order valence-corrected chi connectivity index (χ0v) is 25.6. The number of methoxy groups -OCH3 is 1. The van der Waals surface area contributed by atoms with Gasteiger partial charge in [-0.05, 0) is 87.7 Å². The van der Waals surface area contributed by atoms with E-state index in [0.29, 0.717) is 38.2 Å². The van der Waals surface area contributed by atoms with Crippen molar-refractivity contribution in [2.24, 2.45) is 33.5 Å². The Morgan fingerprint density at radius 3 is 2.55 bits per heavy atom. The van der Waals surface area contributed by atoms with Crippen molar-refractivity contribution in [2.75, 3.05) is 33.4 Å². The first kappa shape index (κ1) is 29.6. The van der Waals surface area contributed by atoms with E-state index in [0.717, 1.165) is 37.7 Å². The Kier molecular flexibility index (Phi) is 7.30. The van der Waals surface area contributed by atoms with Crippen LogP contribution in [0.2, 0.25) is 0 Å². The molecule has 6 aliphatic rings. The summed E-state index contributed by atoms with van der Waals surface area (Å²) in [6.45, 7) is 7.75. The number of ether oxygens (including phenoxy) is 2. The topological polar surface area (TPSA) is 109 Å². The second-order valence-electron chi connectivity index (χ2n) is 14.1. The standard InChI is InChI=1S/C34H47NO7/c1-5-41-29(38)35(17-7-18-40-4)22-33(39)14-11-27-31(33,3)13-10-26-30(2)12-9-23(36)20-32(30)15-16-34(26,27)24(21-32)28(37)25-8-6-19-42-25/h6,8,15-16,19,21,23,26-27,36,39H,5,7,9-14,17-18,20,22H2,1-4H3. The first-order chi connectivity index (χ1) is 20.0. The maximum Gasteiger partial charge on any atom is 0.409 e. The lowest BCUT2D eigenvalue weighted by molar-refractivity contribution is -0.175. The lowest BCUT2D eigenvalue weighted by Crippen LogP contribution is -2.67. The average Bonchev–Trinajstić information content (AvgIpc) is 3.59. The SMILES string of the molecule is CCOC(=O)N(CCCOC)CC1(O)CCC2C34C=CC5(C=C3C(=O)c3ccco3)CC(O)CCC5(C)C4CCC21C. The van der Waals surface area contributed by atoms with Crippen molar-refractivity contribution in [3.8, 4) is 0 Å². The Morgan fingerprint density at radius 1 is 1.10 bits per heavy atom. The van der Waals surface area contributed by atoms with Crippen LogP contribution in [0.15, 0.2) is 46.6 Å². The van der Waals surface area contributed by atoms with Crippen LogP contribution in [0, 0.1) is 33.5 Å². The number of allylic oxidation sites excluding steroid dienone is 4. The van der Waals surface area contributed by atoms with Crippen LogP contribution in [0.1, 0.15) is 82.7 Å². The maximum atomic E-state index is 14.3. The number of carbonyl (C=O) groups is 2. The minimum Gasteiger partial charge on any atom is -0.461 e. The quantitative estimate of drug-likeness (QED) is 0.224. The third-order valence-corrected chi connectivity index (χ3v) is 12.5. The number of aliphatic hydroxyl groups excluding tert-OH is 1. The molecule has 42 heavy (non-hydrogen) atoms. The van der Waals surface area contributed by atoms with Gasteiger partial charge in [0.25, 0.3) is 0 Å². The van der Waals surface area contributed by atoms with Crippen molar-refractivity contribution in [1.29, 1.82) is 0 Å². The molecule has 0 aromatic carbocycles. The van der Waals surface area contributed by atoms with Crippen LogP contribution in [-0.4, -0.2) is 72.1 Å². The minimum atomic E-state index is -1.14. The summed E-state index contributed by atoms with van der Waals surface area (Å²) in [5, 5.41) is 23.4. The average molecular weight is 582 g/mol. The third-order valence-electron chi connectivity index (χ3n) is 12.5. The van der Waals surface area contributed by atoms with E-state index in [1.54, 1.807) is 37.3 Å². The van der Waals surface area contributed by atoms with Gasteiger partial charge < -0.3 is 29.0 Å². The van der Waals surface area contributed by atoms with Crippen molar-refractivity contribution < 1.29 is 33.7 Å². The summed E-state index contributed by atoms with van der Waals surface area (Å²) in [5.74, 6) is 0.435. The smallest absolute Gasteiger partial charge is 0.409 e. The van der Waals surface area contributed by atoms with Crippen LogP contribution in [0.5, 0.6) is 0 Å². The molecule has 6 aliphatic carbocycles. The molecule has 3 saturated carbocycles. The first-order valence-electron chi connectivity index (χ1n) is 15.8. The number of furan rings is 1. The van der Waals surface area contributed by atoms with Gasteiger partial charge in [-0.15, -0.1) is 0 Å². The summed E-state index contributed by atoms with van der Waals surface area (Å²) in [6.07, 6.45) is 13.4. The largest absolute Gasteiger partial charge is 0.461 e. The number of hydrogen-bond donors (Lipinski definition) is 2. The fourth-order valence-corrected chi connectivity index (χ4v) is 10.3. The van der Waals surface area contributed by atoms with Gasteiger partial charge in [0, 0.05) is 42.1 Å². The molecule has 1 amide bonds. The monoisotopic (exact) mass is 581 g/mol.